The second-order valence-electron chi connectivity index (χ2n) is 8.60. The van der Waals surface area contributed by atoms with Crippen LogP contribution in [0.5, 0.6) is 0 Å². The largest absolute Gasteiger partial charge is 0.330 e. The predicted octanol–water partition coefficient (Wildman–Crippen LogP) is 8.08. The molecule has 4 heteroatoms. The molecule has 1 aromatic rings. The van der Waals surface area contributed by atoms with Gasteiger partial charge in [-0.25, -0.2) is 0 Å². The standard InChI is InChI=1S/C13H15NO.C11H22N2.4C2H6/c1-9-3-5-11(6-4-9)12-7-8-13(15)14-10(12)2;1-2-10-3-4-11(9-10)13-7-5-12-6-8-13;4*1-2/h3-6,12H,2,7-8H2,1H3,(H,14,15);10-12H,2-9H2,1H3;4*1-2H3. The molecule has 3 atom stereocenters. The van der Waals surface area contributed by atoms with Gasteiger partial charge in [-0.05, 0) is 44.1 Å². The molecule has 2 saturated heterocycles. The van der Waals surface area contributed by atoms with Gasteiger partial charge in [0.1, 0.15) is 0 Å². The Hall–Kier alpha value is -1.65. The third-order valence-electron chi connectivity index (χ3n) is 6.62. The SMILES string of the molecule is C=C1NC(=O)CCC1c1ccc(C)cc1.CC.CC.CC.CC.CCC1CCC(N2CCNCC2)C1. The Labute approximate surface area is 225 Å². The van der Waals surface area contributed by atoms with Crippen LogP contribution in [-0.4, -0.2) is 43.0 Å². The third kappa shape index (κ3) is 13.6. The topological polar surface area (TPSA) is 44.4 Å². The Kier molecular flexibility index (Phi) is 24.1. The van der Waals surface area contributed by atoms with E-state index in [1.165, 1.54) is 63.0 Å². The summed E-state index contributed by atoms with van der Waals surface area (Å²) in [5, 5.41) is 6.23. The van der Waals surface area contributed by atoms with Crippen LogP contribution in [0.1, 0.15) is 118 Å². The van der Waals surface area contributed by atoms with Crippen LogP contribution >= 0.6 is 0 Å². The molecule has 1 saturated carbocycles. The minimum atomic E-state index is 0.0864. The minimum Gasteiger partial charge on any atom is -0.330 e. The molecule has 210 valence electrons. The van der Waals surface area contributed by atoms with Crippen LogP contribution in [-0.2, 0) is 4.79 Å². The molecule has 36 heavy (non-hydrogen) atoms. The number of carbonyl (C=O) groups excluding carboxylic acids is 1. The zero-order valence-electron chi connectivity index (χ0n) is 25.7. The van der Waals surface area contributed by atoms with Crippen molar-refractivity contribution >= 4 is 5.91 Å². The Morgan fingerprint density at radius 2 is 1.44 bits per heavy atom. The number of amides is 1. The summed E-state index contributed by atoms with van der Waals surface area (Å²) in [5.74, 6) is 1.39. The van der Waals surface area contributed by atoms with Crippen molar-refractivity contribution in [1.82, 2.24) is 15.5 Å². The van der Waals surface area contributed by atoms with Gasteiger partial charge in [0, 0.05) is 50.3 Å². The second kappa shape index (κ2) is 23.7. The summed E-state index contributed by atoms with van der Waals surface area (Å²) in [4.78, 5) is 13.8. The van der Waals surface area contributed by atoms with Crippen molar-refractivity contribution in [3.05, 3.63) is 47.7 Å². The van der Waals surface area contributed by atoms with Crippen LogP contribution in [0.15, 0.2) is 36.5 Å². The zero-order chi connectivity index (χ0) is 27.9. The fourth-order valence-corrected chi connectivity index (χ4v) is 4.74. The second-order valence-corrected chi connectivity index (χ2v) is 8.60. The highest BCUT2D eigenvalue weighted by Crippen LogP contribution is 2.31. The van der Waals surface area contributed by atoms with Crippen molar-refractivity contribution in [2.24, 2.45) is 5.92 Å². The van der Waals surface area contributed by atoms with Gasteiger partial charge >= 0.3 is 0 Å². The molecule has 0 bridgehead atoms. The number of benzene rings is 1. The van der Waals surface area contributed by atoms with Crippen molar-refractivity contribution in [2.45, 2.75) is 120 Å². The molecule has 3 unspecified atom stereocenters. The van der Waals surface area contributed by atoms with Crippen molar-refractivity contribution < 1.29 is 4.79 Å². The molecule has 2 heterocycles. The first-order chi connectivity index (χ1) is 17.6. The minimum absolute atomic E-state index is 0.0864. The van der Waals surface area contributed by atoms with E-state index in [0.29, 0.717) is 6.42 Å². The lowest BCUT2D eigenvalue weighted by Gasteiger charge is -2.32. The molecule has 0 aromatic heterocycles. The molecule has 1 aromatic carbocycles. The number of aryl methyl sites for hydroxylation is 1. The van der Waals surface area contributed by atoms with Crippen molar-refractivity contribution in [3.63, 3.8) is 0 Å². The number of nitrogens with zero attached hydrogens (tertiary/aromatic N) is 1. The average Bonchev–Trinajstić information content (AvgIpc) is 3.44. The van der Waals surface area contributed by atoms with Gasteiger partial charge in [0.2, 0.25) is 5.91 Å². The Morgan fingerprint density at radius 3 is 1.92 bits per heavy atom. The highest BCUT2D eigenvalue weighted by atomic mass is 16.1. The van der Waals surface area contributed by atoms with Gasteiger partial charge in [0.05, 0.1) is 0 Å². The monoisotopic (exact) mass is 503 g/mol. The number of rotatable bonds is 3. The molecule has 2 N–H and O–H groups in total. The normalized spacial score (nSPS) is 22.8. The summed E-state index contributed by atoms with van der Waals surface area (Å²) in [7, 11) is 0. The first-order valence-electron chi connectivity index (χ1n) is 15.1. The quantitative estimate of drug-likeness (QED) is 0.438. The van der Waals surface area contributed by atoms with Crippen LogP contribution in [0.4, 0.5) is 0 Å². The van der Waals surface area contributed by atoms with E-state index in [9.17, 15) is 4.79 Å². The molecule has 2 aliphatic heterocycles. The summed E-state index contributed by atoms with van der Waals surface area (Å²) in [6.45, 7) is 29.3. The molecule has 4 nitrogen and oxygen atoms in total. The highest BCUT2D eigenvalue weighted by molar-refractivity contribution is 5.79. The van der Waals surface area contributed by atoms with E-state index in [1.54, 1.807) is 0 Å². The van der Waals surface area contributed by atoms with Crippen LogP contribution in [0.3, 0.4) is 0 Å². The molecule has 0 spiro atoms. The van der Waals surface area contributed by atoms with E-state index in [4.69, 9.17) is 0 Å². The van der Waals surface area contributed by atoms with Gasteiger partial charge in [0.25, 0.3) is 0 Å². The van der Waals surface area contributed by atoms with Crippen LogP contribution in [0.2, 0.25) is 0 Å². The van der Waals surface area contributed by atoms with Crippen LogP contribution < -0.4 is 10.6 Å². The lowest BCUT2D eigenvalue weighted by molar-refractivity contribution is -0.121. The van der Waals surface area contributed by atoms with E-state index in [2.05, 4.69) is 60.2 Å². The maximum absolute atomic E-state index is 11.1. The number of piperidine rings is 1. The fraction of sp³-hybridized carbons (Fsp3) is 0.719. The average molecular weight is 504 g/mol. The maximum Gasteiger partial charge on any atom is 0.224 e. The van der Waals surface area contributed by atoms with Crippen LogP contribution in [0.25, 0.3) is 0 Å². The predicted molar refractivity (Wildman–Crippen MR) is 162 cm³/mol. The molecular weight excluding hydrogens is 442 g/mol. The first kappa shape index (κ1) is 36.5. The van der Waals surface area contributed by atoms with Crippen molar-refractivity contribution in [3.8, 4) is 0 Å². The molecule has 4 rings (SSSR count). The summed E-state index contributed by atoms with van der Waals surface area (Å²) < 4.78 is 0. The van der Waals surface area contributed by atoms with E-state index in [-0.39, 0.29) is 11.8 Å². The Morgan fingerprint density at radius 1 is 0.889 bits per heavy atom. The van der Waals surface area contributed by atoms with Crippen molar-refractivity contribution in [1.29, 1.82) is 0 Å². The van der Waals surface area contributed by atoms with E-state index in [0.717, 1.165) is 24.1 Å². The van der Waals surface area contributed by atoms with Crippen LogP contribution in [0, 0.1) is 12.8 Å². The molecule has 1 aliphatic carbocycles. The van der Waals surface area contributed by atoms with Crippen molar-refractivity contribution in [2.75, 3.05) is 26.2 Å². The summed E-state index contributed by atoms with van der Waals surface area (Å²) in [6, 6.07) is 9.34. The van der Waals surface area contributed by atoms with Gasteiger partial charge in [-0.15, -0.1) is 0 Å². The summed E-state index contributed by atoms with van der Waals surface area (Å²) >= 11 is 0. The van der Waals surface area contributed by atoms with Gasteiger partial charge < -0.3 is 10.6 Å². The van der Waals surface area contributed by atoms with Gasteiger partial charge in [-0.1, -0.05) is 105 Å². The van der Waals surface area contributed by atoms with E-state index in [1.807, 2.05) is 55.4 Å². The lowest BCUT2D eigenvalue weighted by atomic mass is 9.88. The van der Waals surface area contributed by atoms with Gasteiger partial charge in [-0.3, -0.25) is 9.69 Å². The summed E-state index contributed by atoms with van der Waals surface area (Å²) in [5.41, 5.74) is 3.32. The fourth-order valence-electron chi connectivity index (χ4n) is 4.74. The molecule has 1 amide bonds. The van der Waals surface area contributed by atoms with Gasteiger partial charge in [-0.2, -0.15) is 0 Å². The zero-order valence-corrected chi connectivity index (χ0v) is 25.7. The number of nitrogens with one attached hydrogen (secondary N) is 2. The molecule has 3 aliphatic rings. The number of hydrogen-bond acceptors (Lipinski definition) is 3. The number of hydrogen-bond donors (Lipinski definition) is 2. The smallest absolute Gasteiger partial charge is 0.224 e. The molecule has 0 radical (unpaired) electrons. The Balaban J connectivity index is 0. The number of piperazine rings is 1. The lowest BCUT2D eigenvalue weighted by Crippen LogP contribution is -2.47. The van der Waals surface area contributed by atoms with E-state index < -0.39 is 0 Å². The molecular formula is C32H61N3O. The highest BCUT2D eigenvalue weighted by Gasteiger charge is 2.28. The number of allylic oxidation sites excluding steroid dienone is 1. The first-order valence-corrected chi connectivity index (χ1v) is 15.1. The molecule has 3 fully saturated rings. The Bertz CT molecular complexity index is 650. The number of carbonyl (C=O) groups is 1. The van der Waals surface area contributed by atoms with Gasteiger partial charge in [0.15, 0.2) is 0 Å². The summed E-state index contributed by atoms with van der Waals surface area (Å²) in [6.07, 6.45) is 7.26. The third-order valence-corrected chi connectivity index (χ3v) is 6.62. The van der Waals surface area contributed by atoms with E-state index >= 15 is 0 Å². The maximum atomic E-state index is 11.1.